The normalized spacial score (nSPS) is 18.3. The van der Waals surface area contributed by atoms with Crippen molar-refractivity contribution >= 4 is 5.57 Å². The van der Waals surface area contributed by atoms with Crippen LogP contribution in [-0.4, -0.2) is 24.6 Å². The van der Waals surface area contributed by atoms with E-state index in [2.05, 4.69) is 27.8 Å². The average molecular weight is 322 g/mol. The molecule has 2 aromatic rings. The van der Waals surface area contributed by atoms with Crippen molar-refractivity contribution < 1.29 is 4.39 Å². The molecular weight excluding hydrogens is 301 g/mol. The van der Waals surface area contributed by atoms with Gasteiger partial charge in [-0.3, -0.25) is 0 Å². The third-order valence-electron chi connectivity index (χ3n) is 4.84. The van der Waals surface area contributed by atoms with Gasteiger partial charge in [-0.05, 0) is 67.4 Å². The minimum absolute atomic E-state index is 0.207. The van der Waals surface area contributed by atoms with Crippen LogP contribution in [0.4, 0.5) is 4.39 Å². The van der Waals surface area contributed by atoms with Crippen molar-refractivity contribution in [2.75, 3.05) is 19.6 Å². The standard InChI is InChI=1S/C20H21FN3/c21-17-3-1-16(2-4-17)20-18(14-5-9-22-10-6-14)13-19(24-20)15-7-11-23-12-8-15/h1-6,9,13,15,23-24H,7-8,10-12H2/q-1. The second-order valence-electron chi connectivity index (χ2n) is 6.38. The molecule has 1 saturated heterocycles. The molecule has 0 bridgehead atoms. The van der Waals surface area contributed by atoms with E-state index in [9.17, 15) is 4.39 Å². The van der Waals surface area contributed by atoms with Crippen LogP contribution in [0.2, 0.25) is 0 Å². The third-order valence-corrected chi connectivity index (χ3v) is 4.84. The highest BCUT2D eigenvalue weighted by Crippen LogP contribution is 2.35. The molecule has 4 rings (SSSR count). The predicted octanol–water partition coefficient (Wildman–Crippen LogP) is 4.57. The summed E-state index contributed by atoms with van der Waals surface area (Å²) in [5.41, 5.74) is 5.73. The highest BCUT2D eigenvalue weighted by atomic mass is 19.1. The van der Waals surface area contributed by atoms with Gasteiger partial charge in [0, 0.05) is 17.2 Å². The van der Waals surface area contributed by atoms with Crippen LogP contribution in [0.3, 0.4) is 0 Å². The number of hydrogen-bond donors (Lipinski definition) is 2. The molecule has 24 heavy (non-hydrogen) atoms. The van der Waals surface area contributed by atoms with Gasteiger partial charge in [0.1, 0.15) is 5.82 Å². The molecule has 0 atom stereocenters. The van der Waals surface area contributed by atoms with Gasteiger partial charge >= 0.3 is 0 Å². The largest absolute Gasteiger partial charge is 0.687 e. The molecule has 2 aliphatic heterocycles. The lowest BCUT2D eigenvalue weighted by Crippen LogP contribution is -2.26. The third kappa shape index (κ3) is 3.02. The molecule has 1 aromatic heterocycles. The second kappa shape index (κ2) is 6.65. The smallest absolute Gasteiger partial charge is 0.123 e. The van der Waals surface area contributed by atoms with E-state index in [1.165, 1.54) is 29.0 Å². The van der Waals surface area contributed by atoms with Gasteiger partial charge in [0.2, 0.25) is 0 Å². The fourth-order valence-electron chi connectivity index (χ4n) is 3.51. The summed E-state index contributed by atoms with van der Waals surface area (Å²) in [5.74, 6) is 0.345. The number of allylic oxidation sites excluding steroid dienone is 2. The summed E-state index contributed by atoms with van der Waals surface area (Å²) in [7, 11) is 0. The van der Waals surface area contributed by atoms with Crippen LogP contribution in [0.25, 0.3) is 22.1 Å². The summed E-state index contributed by atoms with van der Waals surface area (Å²) >= 11 is 0. The lowest BCUT2D eigenvalue weighted by atomic mass is 9.93. The Bertz CT molecular complexity index is 765. The first-order chi connectivity index (χ1) is 11.8. The first-order valence-corrected chi connectivity index (χ1v) is 8.54. The Kier molecular flexibility index (Phi) is 4.22. The number of H-pyrrole nitrogens is 1. The van der Waals surface area contributed by atoms with E-state index < -0.39 is 0 Å². The highest BCUT2D eigenvalue weighted by Gasteiger charge is 2.20. The molecule has 3 nitrogen and oxygen atoms in total. The van der Waals surface area contributed by atoms with Crippen LogP contribution >= 0.6 is 0 Å². The molecule has 0 spiro atoms. The van der Waals surface area contributed by atoms with E-state index in [0.717, 1.165) is 37.2 Å². The molecule has 124 valence electrons. The highest BCUT2D eigenvalue weighted by molar-refractivity contribution is 5.85. The molecular formula is C20H21FN3-. The maximum atomic E-state index is 13.3. The number of nitrogens with one attached hydrogen (secondary N) is 2. The van der Waals surface area contributed by atoms with Gasteiger partial charge < -0.3 is 15.6 Å². The molecule has 0 unspecified atom stereocenters. The zero-order valence-electron chi connectivity index (χ0n) is 13.6. The van der Waals surface area contributed by atoms with E-state index in [1.807, 2.05) is 24.4 Å². The number of rotatable bonds is 3. The topological polar surface area (TPSA) is 41.9 Å². The zero-order chi connectivity index (χ0) is 16.4. The van der Waals surface area contributed by atoms with Crippen molar-refractivity contribution in [1.29, 1.82) is 0 Å². The Hall–Kier alpha value is -2.33. The van der Waals surface area contributed by atoms with Crippen molar-refractivity contribution in [3.8, 4) is 11.3 Å². The minimum Gasteiger partial charge on any atom is -0.687 e. The summed E-state index contributed by atoms with van der Waals surface area (Å²) in [6.07, 6.45) is 8.34. The van der Waals surface area contributed by atoms with Gasteiger partial charge in [-0.25, -0.2) is 4.39 Å². The van der Waals surface area contributed by atoms with Gasteiger partial charge in [-0.15, -0.1) is 6.54 Å². The average Bonchev–Trinajstić information content (AvgIpc) is 3.09. The first kappa shape index (κ1) is 15.2. The fraction of sp³-hybridized carbons (Fsp3) is 0.300. The molecule has 4 heteroatoms. The van der Waals surface area contributed by atoms with Gasteiger partial charge in [0.05, 0.1) is 5.69 Å². The predicted molar refractivity (Wildman–Crippen MR) is 96.4 cm³/mol. The fourth-order valence-corrected chi connectivity index (χ4v) is 3.51. The molecule has 3 heterocycles. The van der Waals surface area contributed by atoms with Crippen LogP contribution in [0, 0.1) is 5.82 Å². The van der Waals surface area contributed by atoms with Crippen molar-refractivity contribution in [3.05, 3.63) is 71.1 Å². The number of piperidine rings is 1. The Morgan fingerprint density at radius 3 is 2.58 bits per heavy atom. The maximum absolute atomic E-state index is 13.3. The SMILES string of the molecule is Fc1ccc(-c2[nH]c(C3CCNCC3)cc2C2=CC[N-]C=C2)cc1. The summed E-state index contributed by atoms with van der Waals surface area (Å²) in [6, 6.07) is 8.99. The molecule has 0 aliphatic carbocycles. The minimum atomic E-state index is -0.207. The summed E-state index contributed by atoms with van der Waals surface area (Å²) < 4.78 is 13.3. The molecule has 0 saturated carbocycles. The monoisotopic (exact) mass is 322 g/mol. The van der Waals surface area contributed by atoms with Crippen molar-refractivity contribution in [2.45, 2.75) is 18.8 Å². The van der Waals surface area contributed by atoms with Crippen molar-refractivity contribution in [1.82, 2.24) is 10.3 Å². The number of aromatic nitrogens is 1. The quantitative estimate of drug-likeness (QED) is 0.854. The van der Waals surface area contributed by atoms with Crippen LogP contribution in [0.5, 0.6) is 0 Å². The first-order valence-electron chi connectivity index (χ1n) is 8.54. The van der Waals surface area contributed by atoms with E-state index in [0.29, 0.717) is 12.5 Å². The van der Waals surface area contributed by atoms with E-state index >= 15 is 0 Å². The molecule has 0 amide bonds. The Morgan fingerprint density at radius 1 is 1.08 bits per heavy atom. The van der Waals surface area contributed by atoms with Crippen LogP contribution in [-0.2, 0) is 0 Å². The Labute approximate surface area is 141 Å². The van der Waals surface area contributed by atoms with Crippen LogP contribution in [0.15, 0.2) is 48.7 Å². The summed E-state index contributed by atoms with van der Waals surface area (Å²) in [5, 5.41) is 7.66. The lowest BCUT2D eigenvalue weighted by Gasteiger charge is -2.21. The van der Waals surface area contributed by atoms with Crippen molar-refractivity contribution in [3.63, 3.8) is 0 Å². The van der Waals surface area contributed by atoms with Crippen LogP contribution < -0.4 is 5.32 Å². The Morgan fingerprint density at radius 2 is 1.88 bits per heavy atom. The van der Waals surface area contributed by atoms with Gasteiger partial charge in [0.15, 0.2) is 0 Å². The van der Waals surface area contributed by atoms with E-state index in [1.54, 1.807) is 0 Å². The van der Waals surface area contributed by atoms with Crippen molar-refractivity contribution in [2.24, 2.45) is 0 Å². The van der Waals surface area contributed by atoms with Crippen LogP contribution in [0.1, 0.15) is 30.0 Å². The molecule has 0 radical (unpaired) electrons. The van der Waals surface area contributed by atoms with Gasteiger partial charge in [-0.2, -0.15) is 6.20 Å². The zero-order valence-corrected chi connectivity index (χ0v) is 13.6. The number of halogens is 1. The lowest BCUT2D eigenvalue weighted by molar-refractivity contribution is 0.454. The Balaban J connectivity index is 1.77. The molecule has 1 fully saturated rings. The molecule has 1 aromatic carbocycles. The second-order valence-corrected chi connectivity index (χ2v) is 6.38. The summed E-state index contributed by atoms with van der Waals surface area (Å²) in [4.78, 5) is 3.63. The number of benzene rings is 1. The van der Waals surface area contributed by atoms with Gasteiger partial charge in [-0.1, -0.05) is 12.2 Å². The number of nitrogens with zero attached hydrogens (tertiary/aromatic N) is 1. The van der Waals surface area contributed by atoms with E-state index in [4.69, 9.17) is 0 Å². The number of aromatic amines is 1. The number of hydrogen-bond acceptors (Lipinski definition) is 1. The maximum Gasteiger partial charge on any atom is 0.123 e. The van der Waals surface area contributed by atoms with E-state index in [-0.39, 0.29) is 5.82 Å². The molecule has 2 N–H and O–H groups in total. The van der Waals surface area contributed by atoms with Gasteiger partial charge in [0.25, 0.3) is 0 Å². The summed E-state index contributed by atoms with van der Waals surface area (Å²) in [6.45, 7) is 2.83. The molecule has 2 aliphatic rings.